The van der Waals surface area contributed by atoms with Crippen molar-refractivity contribution in [1.29, 1.82) is 0 Å². The number of imidazole rings is 1. The molecule has 2 aliphatic carbocycles. The van der Waals surface area contributed by atoms with Gasteiger partial charge >= 0.3 is 5.97 Å². The number of rotatable bonds is 18. The van der Waals surface area contributed by atoms with E-state index in [4.69, 9.17) is 28.2 Å². The number of carboxylic acids is 1. The molecule has 0 atom stereocenters. The Balaban J connectivity index is 1.04. The SMILES string of the molecule is CCCCC1(CCCC)c2ccccc2-c2ccc(N(c3ccc(-c4ccc(C=c5c(C(=O)O)nn6c5nc5cc(Cl)cc(Cl)c56)s4)cc3)c3ccc4c(c3)C(CCCC)(CCCC)c3ccccc3-4)cc21. The largest absolute Gasteiger partial charge is 0.476 e. The topological polar surface area (TPSA) is 70.7 Å². The van der Waals surface area contributed by atoms with Crippen LogP contribution < -0.4 is 10.1 Å². The quantitative estimate of drug-likeness (QED) is 0.0927. The van der Waals surface area contributed by atoms with Gasteiger partial charge in [-0.3, -0.25) is 0 Å². The molecule has 0 bridgehead atoms. The minimum Gasteiger partial charge on any atom is -0.476 e. The average Bonchev–Trinajstić information content (AvgIpc) is 4.21. The van der Waals surface area contributed by atoms with E-state index in [1.165, 1.54) is 86.1 Å². The lowest BCUT2D eigenvalue weighted by Crippen LogP contribution is -2.26. The van der Waals surface area contributed by atoms with Gasteiger partial charge in [-0.25, -0.2) is 14.3 Å². The molecule has 0 unspecified atom stereocenters. The molecule has 11 rings (SSSR count). The molecule has 0 radical (unpaired) electrons. The van der Waals surface area contributed by atoms with E-state index in [0.717, 1.165) is 72.4 Å². The van der Waals surface area contributed by atoms with Crippen molar-refractivity contribution in [2.45, 2.75) is 116 Å². The Kier molecular flexibility index (Phi) is 13.1. The maximum Gasteiger partial charge on any atom is 0.357 e. The van der Waals surface area contributed by atoms with Crippen molar-refractivity contribution in [2.75, 3.05) is 4.90 Å². The third-order valence-electron chi connectivity index (χ3n) is 15.7. The van der Waals surface area contributed by atoms with Gasteiger partial charge in [0.2, 0.25) is 0 Å². The summed E-state index contributed by atoms with van der Waals surface area (Å²) in [5, 5.41) is 15.9. The minimum atomic E-state index is -1.14. The third-order valence-corrected chi connectivity index (χ3v) is 17.3. The van der Waals surface area contributed by atoms with Crippen LogP contribution in [0, 0.1) is 0 Å². The Morgan fingerprint density at radius 1 is 0.625 bits per heavy atom. The first-order chi connectivity index (χ1) is 35.1. The van der Waals surface area contributed by atoms with Crippen LogP contribution in [-0.4, -0.2) is 25.7 Å². The third kappa shape index (κ3) is 8.04. The summed E-state index contributed by atoms with van der Waals surface area (Å²) < 4.78 is 1.51. The smallest absolute Gasteiger partial charge is 0.357 e. The zero-order valence-corrected chi connectivity index (χ0v) is 43.9. The second-order valence-electron chi connectivity index (χ2n) is 20.0. The van der Waals surface area contributed by atoms with E-state index < -0.39 is 5.97 Å². The molecule has 9 aromatic rings. The fourth-order valence-electron chi connectivity index (χ4n) is 12.3. The molecule has 2 aliphatic rings. The number of benzene rings is 6. The van der Waals surface area contributed by atoms with E-state index in [9.17, 15) is 9.90 Å². The summed E-state index contributed by atoms with van der Waals surface area (Å²) in [6, 6.07) is 49.5. The molecule has 0 aliphatic heterocycles. The molecule has 3 heterocycles. The monoisotopic (exact) mass is 1010 g/mol. The van der Waals surface area contributed by atoms with Gasteiger partial charge in [-0.05, 0) is 142 Å². The molecule has 9 heteroatoms. The zero-order chi connectivity index (χ0) is 49.7. The van der Waals surface area contributed by atoms with Gasteiger partial charge in [0, 0.05) is 42.7 Å². The molecule has 6 aromatic carbocycles. The van der Waals surface area contributed by atoms with E-state index >= 15 is 0 Å². The summed E-state index contributed by atoms with van der Waals surface area (Å²) in [4.78, 5) is 21.7. The molecular formula is C63H60Cl2N4O2S. The van der Waals surface area contributed by atoms with Gasteiger partial charge in [0.05, 0.1) is 15.8 Å². The standard InChI is InChI=1S/C63H60Cl2N4O2S/c1-5-9-31-62(32-10-6-2)51-19-15-13-17-46(51)48-28-25-43(37-53(48)62)68(44-26-29-49-47-18-14-16-20-52(47)63(33-11-7-3,34-12-8-4)54(49)38-44)42-23-21-40(22-24-42)57-30-27-45(72-57)39-50-58(61(70)71)67-69-59-55(65)35-41(64)36-56(59)66-60(50)69/h13-30,35-39H,5-12,31-34H2,1-4H3,(H,70,71). The highest BCUT2D eigenvalue weighted by Crippen LogP contribution is 2.58. The van der Waals surface area contributed by atoms with Gasteiger partial charge in [-0.15, -0.1) is 11.3 Å². The van der Waals surface area contributed by atoms with Crippen LogP contribution >= 0.6 is 34.5 Å². The van der Waals surface area contributed by atoms with E-state index in [0.29, 0.717) is 31.9 Å². The van der Waals surface area contributed by atoms with Crippen LogP contribution in [0.15, 0.2) is 133 Å². The average molecular weight is 1010 g/mol. The summed E-state index contributed by atoms with van der Waals surface area (Å²) >= 11 is 14.5. The van der Waals surface area contributed by atoms with Crippen molar-refractivity contribution in [3.05, 3.63) is 182 Å². The molecule has 0 spiro atoms. The number of anilines is 3. The number of hydrogen-bond donors (Lipinski definition) is 1. The Bertz CT molecular complexity index is 3440. The second kappa shape index (κ2) is 19.6. The maximum atomic E-state index is 12.5. The molecule has 72 heavy (non-hydrogen) atoms. The summed E-state index contributed by atoms with van der Waals surface area (Å²) in [5.74, 6) is -1.14. The van der Waals surface area contributed by atoms with Crippen molar-refractivity contribution >= 4 is 80.3 Å². The van der Waals surface area contributed by atoms with Gasteiger partial charge in [0.15, 0.2) is 11.3 Å². The van der Waals surface area contributed by atoms with Crippen molar-refractivity contribution in [1.82, 2.24) is 14.6 Å². The number of aromatic carboxylic acids is 1. The van der Waals surface area contributed by atoms with Crippen LogP contribution in [0.2, 0.25) is 10.0 Å². The molecular weight excluding hydrogens is 948 g/mol. The highest BCUT2D eigenvalue weighted by Gasteiger charge is 2.44. The number of unbranched alkanes of at least 4 members (excludes halogenated alkanes) is 4. The first-order valence-electron chi connectivity index (χ1n) is 26.0. The van der Waals surface area contributed by atoms with Crippen LogP contribution in [-0.2, 0) is 10.8 Å². The molecule has 0 amide bonds. The fourth-order valence-corrected chi connectivity index (χ4v) is 13.8. The van der Waals surface area contributed by atoms with Gasteiger partial charge in [-0.1, -0.05) is 175 Å². The van der Waals surface area contributed by atoms with Crippen LogP contribution in [0.1, 0.15) is 142 Å². The van der Waals surface area contributed by atoms with Crippen molar-refractivity contribution < 1.29 is 9.90 Å². The predicted molar refractivity (Wildman–Crippen MR) is 301 cm³/mol. The Morgan fingerprint density at radius 3 is 1.67 bits per heavy atom. The van der Waals surface area contributed by atoms with Crippen LogP contribution in [0.5, 0.6) is 0 Å². The van der Waals surface area contributed by atoms with Gasteiger partial charge in [0.25, 0.3) is 0 Å². The van der Waals surface area contributed by atoms with E-state index in [1.807, 2.05) is 12.1 Å². The lowest BCUT2D eigenvalue weighted by Gasteiger charge is -2.35. The number of hydrogen-bond acceptors (Lipinski definition) is 5. The van der Waals surface area contributed by atoms with Gasteiger partial charge in [0.1, 0.15) is 5.52 Å². The Hall–Kier alpha value is -6.25. The molecule has 0 saturated heterocycles. The molecule has 0 saturated carbocycles. The first-order valence-corrected chi connectivity index (χ1v) is 27.6. The summed E-state index contributed by atoms with van der Waals surface area (Å²) in [6.07, 6.45) is 15.7. The highest BCUT2D eigenvalue weighted by atomic mass is 35.5. The fraction of sp³-hybridized carbons (Fsp3) is 0.286. The summed E-state index contributed by atoms with van der Waals surface area (Å²) in [6.45, 7) is 9.29. The van der Waals surface area contributed by atoms with Crippen molar-refractivity contribution in [3.63, 3.8) is 0 Å². The second-order valence-corrected chi connectivity index (χ2v) is 22.0. The minimum absolute atomic E-state index is 0.0479. The molecule has 1 N–H and O–H groups in total. The van der Waals surface area contributed by atoms with Crippen molar-refractivity contribution in [3.8, 4) is 32.7 Å². The lowest BCUT2D eigenvalue weighted by molar-refractivity contribution is 0.0689. The zero-order valence-electron chi connectivity index (χ0n) is 41.6. The van der Waals surface area contributed by atoms with E-state index in [1.54, 1.807) is 23.5 Å². The van der Waals surface area contributed by atoms with Crippen molar-refractivity contribution in [2.24, 2.45) is 0 Å². The Morgan fingerprint density at radius 2 is 1.14 bits per heavy atom. The van der Waals surface area contributed by atoms with Gasteiger partial charge in [-0.2, -0.15) is 5.10 Å². The number of thiophene rings is 1. The van der Waals surface area contributed by atoms with Crippen LogP contribution in [0.4, 0.5) is 17.1 Å². The number of fused-ring (bicyclic) bond motifs is 9. The first kappa shape index (κ1) is 48.0. The van der Waals surface area contributed by atoms with Crippen LogP contribution in [0.25, 0.3) is 55.5 Å². The number of halogens is 2. The molecule has 6 nitrogen and oxygen atoms in total. The number of nitrogens with zero attached hydrogens (tertiary/aromatic N) is 4. The number of carboxylic acid groups (broad SMARTS) is 1. The summed E-state index contributed by atoms with van der Waals surface area (Å²) in [7, 11) is 0. The predicted octanol–water partition coefficient (Wildman–Crippen LogP) is 17.9. The lowest BCUT2D eigenvalue weighted by atomic mass is 9.70. The summed E-state index contributed by atoms with van der Waals surface area (Å²) in [5.41, 5.74) is 17.2. The normalized spacial score (nSPS) is 14.2. The molecule has 0 fully saturated rings. The highest BCUT2D eigenvalue weighted by molar-refractivity contribution is 7.16. The van der Waals surface area contributed by atoms with E-state index in [2.05, 4.69) is 153 Å². The molecule has 3 aromatic heterocycles. The number of aromatic nitrogens is 3. The number of carbonyl (C=O) groups is 1. The maximum absolute atomic E-state index is 12.5. The van der Waals surface area contributed by atoms with Crippen LogP contribution in [0.3, 0.4) is 0 Å². The van der Waals surface area contributed by atoms with Gasteiger partial charge < -0.3 is 10.0 Å². The Labute approximate surface area is 437 Å². The molecule has 364 valence electrons. The van der Waals surface area contributed by atoms with E-state index in [-0.39, 0.29) is 16.5 Å².